The smallest absolute Gasteiger partial charge is 0.255 e. The number of fused-ring (bicyclic) bond motifs is 2. The zero-order valence-electron chi connectivity index (χ0n) is 16.5. The van der Waals surface area contributed by atoms with E-state index in [4.69, 9.17) is 4.98 Å². The number of hydrogen-bond acceptors (Lipinski definition) is 6. The van der Waals surface area contributed by atoms with Crippen molar-refractivity contribution in [2.45, 2.75) is 76.3 Å². The molecule has 0 unspecified atom stereocenters. The minimum absolute atomic E-state index is 0.202. The largest absolute Gasteiger partial charge is 0.503 e. The molecule has 150 valence electrons. The van der Waals surface area contributed by atoms with Gasteiger partial charge in [0.15, 0.2) is 5.75 Å². The molecule has 6 nitrogen and oxygen atoms in total. The standard InChI is InChI=1S/C22H30N4O2/c27-19-13-18-21(25-22(19)28)20(16-7-3-4-8-17(16)24-18)23-14-9-11-26(12-10-14)15-5-1-2-6-15/h13-15,27H,1-12H2,(H,23,24)(H,25,28). The molecule has 3 heterocycles. The van der Waals surface area contributed by atoms with E-state index in [9.17, 15) is 10.2 Å². The molecule has 0 amide bonds. The molecule has 0 bridgehead atoms. The summed E-state index contributed by atoms with van der Waals surface area (Å²) < 4.78 is 0. The van der Waals surface area contributed by atoms with Gasteiger partial charge in [-0.25, -0.2) is 4.98 Å². The molecule has 1 saturated heterocycles. The summed E-state index contributed by atoms with van der Waals surface area (Å²) >= 11 is 0. The van der Waals surface area contributed by atoms with Crippen molar-refractivity contribution >= 4 is 16.7 Å². The topological polar surface area (TPSA) is 81.5 Å². The van der Waals surface area contributed by atoms with Crippen LogP contribution in [0.4, 0.5) is 5.69 Å². The van der Waals surface area contributed by atoms with E-state index in [1.54, 1.807) is 6.07 Å². The molecule has 3 N–H and O–H groups in total. The minimum Gasteiger partial charge on any atom is -0.503 e. The van der Waals surface area contributed by atoms with Crippen molar-refractivity contribution in [3.8, 4) is 11.6 Å². The molecule has 2 aliphatic carbocycles. The number of aromatic hydroxyl groups is 2. The maximum absolute atomic E-state index is 9.98. The van der Waals surface area contributed by atoms with Crippen molar-refractivity contribution in [3.63, 3.8) is 0 Å². The molecule has 5 rings (SSSR count). The molecule has 2 aromatic rings. The van der Waals surface area contributed by atoms with Crippen LogP contribution in [0.2, 0.25) is 0 Å². The number of nitrogens with zero attached hydrogens (tertiary/aromatic N) is 3. The Morgan fingerprint density at radius 3 is 2.46 bits per heavy atom. The van der Waals surface area contributed by atoms with Gasteiger partial charge in [-0.3, -0.25) is 4.98 Å². The molecule has 0 atom stereocenters. The summed E-state index contributed by atoms with van der Waals surface area (Å²) in [5.74, 6) is -0.518. The second-order valence-corrected chi connectivity index (χ2v) is 8.71. The predicted octanol–water partition coefficient (Wildman–Crippen LogP) is 3.74. The number of aryl methyl sites for hydroxylation is 1. The molecular formula is C22H30N4O2. The minimum atomic E-state index is -0.316. The first-order valence-electron chi connectivity index (χ1n) is 10.9. The van der Waals surface area contributed by atoms with Crippen molar-refractivity contribution < 1.29 is 10.2 Å². The lowest BCUT2D eigenvalue weighted by molar-refractivity contribution is 0.159. The average molecular weight is 383 g/mol. The SMILES string of the molecule is Oc1cc2nc3c(c(NC4CCN(C5CCCC5)CC4)c2nc1O)CCCC3. The van der Waals surface area contributed by atoms with Gasteiger partial charge in [0.05, 0.1) is 11.2 Å². The normalized spacial score (nSPS) is 21.9. The van der Waals surface area contributed by atoms with Crippen LogP contribution in [0.3, 0.4) is 0 Å². The molecule has 1 aliphatic heterocycles. The van der Waals surface area contributed by atoms with Gasteiger partial charge in [-0.2, -0.15) is 0 Å². The van der Waals surface area contributed by atoms with Crippen LogP contribution in [0.5, 0.6) is 11.6 Å². The molecule has 1 saturated carbocycles. The number of likely N-dealkylation sites (tertiary alicyclic amines) is 1. The fraction of sp³-hybridized carbons (Fsp3) is 0.636. The Hall–Kier alpha value is -2.08. The highest BCUT2D eigenvalue weighted by atomic mass is 16.3. The van der Waals surface area contributed by atoms with Gasteiger partial charge in [0.2, 0.25) is 0 Å². The number of anilines is 1. The second kappa shape index (κ2) is 7.39. The average Bonchev–Trinajstić information content (AvgIpc) is 3.25. The Morgan fingerprint density at radius 2 is 1.68 bits per heavy atom. The molecule has 3 aliphatic rings. The van der Waals surface area contributed by atoms with Crippen LogP contribution < -0.4 is 5.32 Å². The monoisotopic (exact) mass is 382 g/mol. The third kappa shape index (κ3) is 3.28. The van der Waals surface area contributed by atoms with Crippen molar-refractivity contribution in [3.05, 3.63) is 17.3 Å². The summed E-state index contributed by atoms with van der Waals surface area (Å²) in [4.78, 5) is 11.7. The summed E-state index contributed by atoms with van der Waals surface area (Å²) in [5.41, 5.74) is 4.77. The molecule has 2 aromatic heterocycles. The highest BCUT2D eigenvalue weighted by Gasteiger charge is 2.28. The maximum Gasteiger partial charge on any atom is 0.255 e. The first kappa shape index (κ1) is 18.0. The fourth-order valence-electron chi connectivity index (χ4n) is 5.36. The first-order valence-corrected chi connectivity index (χ1v) is 10.9. The zero-order chi connectivity index (χ0) is 19.1. The number of rotatable bonds is 3. The van der Waals surface area contributed by atoms with E-state index in [0.717, 1.165) is 62.6 Å². The van der Waals surface area contributed by atoms with Crippen LogP contribution in [0.15, 0.2) is 6.07 Å². The van der Waals surface area contributed by atoms with Crippen LogP contribution in [-0.2, 0) is 12.8 Å². The highest BCUT2D eigenvalue weighted by molar-refractivity contribution is 5.91. The van der Waals surface area contributed by atoms with Gasteiger partial charge in [0.25, 0.3) is 5.88 Å². The van der Waals surface area contributed by atoms with Crippen LogP contribution in [-0.4, -0.2) is 50.3 Å². The maximum atomic E-state index is 9.98. The number of aromatic nitrogens is 2. The van der Waals surface area contributed by atoms with Gasteiger partial charge in [-0.1, -0.05) is 12.8 Å². The van der Waals surface area contributed by atoms with Gasteiger partial charge in [0.1, 0.15) is 5.52 Å². The van der Waals surface area contributed by atoms with E-state index in [-0.39, 0.29) is 11.6 Å². The Kier molecular flexibility index (Phi) is 4.75. The predicted molar refractivity (Wildman–Crippen MR) is 110 cm³/mol. The molecule has 0 spiro atoms. The van der Waals surface area contributed by atoms with Gasteiger partial charge >= 0.3 is 0 Å². The summed E-state index contributed by atoms with van der Waals surface area (Å²) in [6, 6.07) is 2.77. The van der Waals surface area contributed by atoms with E-state index in [2.05, 4.69) is 15.2 Å². The van der Waals surface area contributed by atoms with E-state index in [0.29, 0.717) is 17.1 Å². The molecule has 2 fully saturated rings. The molecule has 6 heteroatoms. The van der Waals surface area contributed by atoms with Crippen LogP contribution in [0.25, 0.3) is 11.0 Å². The van der Waals surface area contributed by atoms with Gasteiger partial charge in [-0.15, -0.1) is 0 Å². The van der Waals surface area contributed by atoms with Crippen molar-refractivity contribution in [2.24, 2.45) is 0 Å². The van der Waals surface area contributed by atoms with Crippen molar-refractivity contribution in [1.29, 1.82) is 0 Å². The van der Waals surface area contributed by atoms with Crippen LogP contribution in [0.1, 0.15) is 62.6 Å². The fourth-order valence-corrected chi connectivity index (χ4v) is 5.36. The van der Waals surface area contributed by atoms with E-state index in [1.165, 1.54) is 37.7 Å². The quantitative estimate of drug-likeness (QED) is 0.750. The van der Waals surface area contributed by atoms with Gasteiger partial charge in [-0.05, 0) is 56.9 Å². The van der Waals surface area contributed by atoms with E-state index >= 15 is 0 Å². The number of piperidine rings is 1. The summed E-state index contributed by atoms with van der Waals surface area (Å²) in [6.07, 6.45) is 12.1. The third-order valence-electron chi connectivity index (χ3n) is 6.91. The molecular weight excluding hydrogens is 352 g/mol. The first-order chi connectivity index (χ1) is 13.7. The second-order valence-electron chi connectivity index (χ2n) is 8.71. The Labute approximate surface area is 166 Å². The summed E-state index contributed by atoms with van der Waals surface area (Å²) in [6.45, 7) is 2.32. The Bertz CT molecular complexity index is 871. The summed E-state index contributed by atoms with van der Waals surface area (Å²) in [5, 5.41) is 23.7. The van der Waals surface area contributed by atoms with Crippen molar-refractivity contribution in [2.75, 3.05) is 18.4 Å². The Morgan fingerprint density at radius 1 is 0.929 bits per heavy atom. The van der Waals surface area contributed by atoms with Gasteiger partial charge in [0, 0.05) is 36.9 Å². The summed E-state index contributed by atoms with van der Waals surface area (Å²) in [7, 11) is 0. The lowest BCUT2D eigenvalue weighted by Gasteiger charge is -2.37. The van der Waals surface area contributed by atoms with Gasteiger partial charge < -0.3 is 20.4 Å². The van der Waals surface area contributed by atoms with E-state index in [1.807, 2.05) is 0 Å². The molecule has 0 aromatic carbocycles. The van der Waals surface area contributed by atoms with Crippen LogP contribution in [0, 0.1) is 0 Å². The number of nitrogens with one attached hydrogen (secondary N) is 1. The lowest BCUT2D eigenvalue weighted by atomic mass is 9.93. The van der Waals surface area contributed by atoms with Crippen LogP contribution >= 0.6 is 0 Å². The Balaban J connectivity index is 1.42. The number of pyridine rings is 2. The molecule has 28 heavy (non-hydrogen) atoms. The third-order valence-corrected chi connectivity index (χ3v) is 6.91. The zero-order valence-corrected chi connectivity index (χ0v) is 16.5. The molecule has 0 radical (unpaired) electrons. The van der Waals surface area contributed by atoms with E-state index < -0.39 is 0 Å². The van der Waals surface area contributed by atoms with Crippen molar-refractivity contribution in [1.82, 2.24) is 14.9 Å². The number of hydrogen-bond donors (Lipinski definition) is 3. The lowest BCUT2D eigenvalue weighted by Crippen LogP contribution is -2.43. The highest BCUT2D eigenvalue weighted by Crippen LogP contribution is 2.37.